The molecule has 0 aliphatic carbocycles. The first-order chi connectivity index (χ1) is 9.03. The zero-order valence-corrected chi connectivity index (χ0v) is 13.3. The number of anilines is 1. The topological polar surface area (TPSA) is 92.4 Å². The quantitative estimate of drug-likeness (QED) is 0.697. The molecule has 0 aliphatic heterocycles. The van der Waals surface area contributed by atoms with E-state index in [-0.39, 0.29) is 17.4 Å². The largest absolute Gasteiger partial charge is 0.399 e. The SMILES string of the molecule is Cc1cc(S(=O)(=O)NCC(C)(O)CC(C)C)ccc1N. The maximum atomic E-state index is 12.2. The standard InChI is InChI=1S/C14H24N2O3S/c1-10(2)8-14(4,17)9-16-20(18,19)12-5-6-13(15)11(3)7-12/h5-7,10,16-17H,8-9,15H2,1-4H3. The van der Waals surface area contributed by atoms with E-state index in [9.17, 15) is 13.5 Å². The Hall–Kier alpha value is -1.11. The Labute approximate surface area is 121 Å². The third-order valence-electron chi connectivity index (χ3n) is 3.04. The van der Waals surface area contributed by atoms with Crippen LogP contribution in [0.5, 0.6) is 0 Å². The van der Waals surface area contributed by atoms with Gasteiger partial charge in [-0.2, -0.15) is 0 Å². The number of aryl methyl sites for hydroxylation is 1. The van der Waals surface area contributed by atoms with Gasteiger partial charge in [-0.05, 0) is 49.9 Å². The van der Waals surface area contributed by atoms with Crippen molar-refractivity contribution in [3.05, 3.63) is 23.8 Å². The summed E-state index contributed by atoms with van der Waals surface area (Å²) in [7, 11) is -3.63. The van der Waals surface area contributed by atoms with Gasteiger partial charge in [-0.25, -0.2) is 13.1 Å². The molecule has 0 aliphatic rings. The monoisotopic (exact) mass is 300 g/mol. The van der Waals surface area contributed by atoms with E-state index in [4.69, 9.17) is 5.73 Å². The highest BCUT2D eigenvalue weighted by Crippen LogP contribution is 2.19. The number of nitrogens with two attached hydrogens (primary N) is 1. The number of nitrogen functional groups attached to an aromatic ring is 1. The predicted octanol–water partition coefficient (Wildman–Crippen LogP) is 1.65. The van der Waals surface area contributed by atoms with Crippen LogP contribution in [-0.2, 0) is 10.0 Å². The van der Waals surface area contributed by atoms with Gasteiger partial charge >= 0.3 is 0 Å². The summed E-state index contributed by atoms with van der Waals surface area (Å²) in [6.07, 6.45) is 0.524. The smallest absolute Gasteiger partial charge is 0.240 e. The number of aliphatic hydroxyl groups is 1. The first-order valence-corrected chi connectivity index (χ1v) is 8.10. The molecule has 0 heterocycles. The molecule has 5 nitrogen and oxygen atoms in total. The average molecular weight is 300 g/mol. The molecule has 1 rings (SSSR count). The van der Waals surface area contributed by atoms with E-state index in [1.807, 2.05) is 13.8 Å². The number of nitrogens with one attached hydrogen (secondary N) is 1. The minimum atomic E-state index is -3.63. The lowest BCUT2D eigenvalue weighted by atomic mass is 9.95. The first kappa shape index (κ1) is 16.9. The predicted molar refractivity (Wildman–Crippen MR) is 80.9 cm³/mol. The summed E-state index contributed by atoms with van der Waals surface area (Å²) in [6, 6.07) is 4.55. The van der Waals surface area contributed by atoms with Gasteiger partial charge in [-0.3, -0.25) is 0 Å². The summed E-state index contributed by atoms with van der Waals surface area (Å²) in [5, 5.41) is 10.1. The molecule has 1 aromatic carbocycles. The lowest BCUT2D eigenvalue weighted by Crippen LogP contribution is -2.41. The van der Waals surface area contributed by atoms with Crippen molar-refractivity contribution in [2.24, 2.45) is 5.92 Å². The van der Waals surface area contributed by atoms with Crippen LogP contribution in [-0.4, -0.2) is 25.7 Å². The van der Waals surface area contributed by atoms with Crippen molar-refractivity contribution in [1.29, 1.82) is 0 Å². The van der Waals surface area contributed by atoms with Gasteiger partial charge < -0.3 is 10.8 Å². The van der Waals surface area contributed by atoms with E-state index in [0.717, 1.165) is 0 Å². The fraction of sp³-hybridized carbons (Fsp3) is 0.571. The van der Waals surface area contributed by atoms with Crippen LogP contribution in [0.25, 0.3) is 0 Å². The van der Waals surface area contributed by atoms with Gasteiger partial charge in [0, 0.05) is 12.2 Å². The van der Waals surface area contributed by atoms with Gasteiger partial charge in [0.15, 0.2) is 0 Å². The molecular weight excluding hydrogens is 276 g/mol. The van der Waals surface area contributed by atoms with Crippen molar-refractivity contribution in [1.82, 2.24) is 4.72 Å². The van der Waals surface area contributed by atoms with Crippen LogP contribution in [0.3, 0.4) is 0 Å². The maximum Gasteiger partial charge on any atom is 0.240 e. The summed E-state index contributed by atoms with van der Waals surface area (Å²) in [4.78, 5) is 0.157. The molecule has 0 amide bonds. The Bertz CT molecular complexity index is 566. The van der Waals surface area contributed by atoms with Crippen LogP contribution in [0.1, 0.15) is 32.8 Å². The number of rotatable bonds is 6. The molecule has 1 atom stereocenters. The van der Waals surface area contributed by atoms with Crippen molar-refractivity contribution in [2.45, 2.75) is 44.6 Å². The second kappa shape index (κ2) is 6.11. The third-order valence-corrected chi connectivity index (χ3v) is 4.44. The minimum Gasteiger partial charge on any atom is -0.399 e. The van der Waals surface area contributed by atoms with Crippen molar-refractivity contribution < 1.29 is 13.5 Å². The van der Waals surface area contributed by atoms with Crippen molar-refractivity contribution in [2.75, 3.05) is 12.3 Å². The summed E-state index contributed by atoms with van der Waals surface area (Å²) in [5.74, 6) is 0.285. The van der Waals surface area contributed by atoms with Crippen molar-refractivity contribution in [3.8, 4) is 0 Å². The number of hydrogen-bond donors (Lipinski definition) is 3. The Morgan fingerprint density at radius 1 is 1.40 bits per heavy atom. The van der Waals surface area contributed by atoms with Gasteiger partial charge in [0.05, 0.1) is 10.5 Å². The zero-order valence-electron chi connectivity index (χ0n) is 12.5. The molecular formula is C14H24N2O3S. The van der Waals surface area contributed by atoms with E-state index < -0.39 is 15.6 Å². The second-order valence-corrected chi connectivity index (χ2v) is 7.70. The highest BCUT2D eigenvalue weighted by atomic mass is 32.2. The highest BCUT2D eigenvalue weighted by Gasteiger charge is 2.25. The minimum absolute atomic E-state index is 0.0169. The number of benzene rings is 1. The van der Waals surface area contributed by atoms with Gasteiger partial charge in [0.1, 0.15) is 0 Å². The normalized spacial score (nSPS) is 15.3. The van der Waals surface area contributed by atoms with Crippen molar-refractivity contribution in [3.63, 3.8) is 0 Å². The van der Waals surface area contributed by atoms with E-state index in [0.29, 0.717) is 17.7 Å². The van der Waals surface area contributed by atoms with E-state index in [1.165, 1.54) is 12.1 Å². The molecule has 0 bridgehead atoms. The molecule has 20 heavy (non-hydrogen) atoms. The fourth-order valence-corrected chi connectivity index (χ4v) is 3.35. The maximum absolute atomic E-state index is 12.2. The van der Waals surface area contributed by atoms with Crippen LogP contribution < -0.4 is 10.5 Å². The molecule has 6 heteroatoms. The number of hydrogen-bond acceptors (Lipinski definition) is 4. The summed E-state index contributed by atoms with van der Waals surface area (Å²) in [6.45, 7) is 7.32. The molecule has 0 spiro atoms. The van der Waals surface area contributed by atoms with Crippen LogP contribution in [0.2, 0.25) is 0 Å². The lowest BCUT2D eigenvalue weighted by Gasteiger charge is -2.25. The third kappa shape index (κ3) is 4.77. The van der Waals surface area contributed by atoms with Crippen LogP contribution in [0, 0.1) is 12.8 Å². The zero-order chi connectivity index (χ0) is 15.6. The Balaban J connectivity index is 2.82. The summed E-state index contributed by atoms with van der Waals surface area (Å²) >= 11 is 0. The number of sulfonamides is 1. The molecule has 4 N–H and O–H groups in total. The molecule has 114 valence electrons. The van der Waals surface area contributed by atoms with Gasteiger partial charge in [-0.15, -0.1) is 0 Å². The molecule has 0 saturated carbocycles. The Morgan fingerprint density at radius 2 is 2.00 bits per heavy atom. The fourth-order valence-electron chi connectivity index (χ4n) is 2.10. The molecule has 0 aromatic heterocycles. The average Bonchev–Trinajstić information content (AvgIpc) is 2.29. The first-order valence-electron chi connectivity index (χ1n) is 6.62. The lowest BCUT2D eigenvalue weighted by molar-refractivity contribution is 0.0437. The second-order valence-electron chi connectivity index (χ2n) is 5.94. The molecule has 0 fully saturated rings. The van der Waals surface area contributed by atoms with Gasteiger partial charge in [0.2, 0.25) is 10.0 Å². The van der Waals surface area contributed by atoms with Gasteiger partial charge in [-0.1, -0.05) is 13.8 Å². The summed E-state index contributed by atoms with van der Waals surface area (Å²) < 4.78 is 26.8. The molecule has 1 unspecified atom stereocenters. The summed E-state index contributed by atoms with van der Waals surface area (Å²) in [5.41, 5.74) is 5.87. The van der Waals surface area contributed by atoms with Crippen LogP contribution >= 0.6 is 0 Å². The van der Waals surface area contributed by atoms with Gasteiger partial charge in [0.25, 0.3) is 0 Å². The van der Waals surface area contributed by atoms with E-state index >= 15 is 0 Å². The van der Waals surface area contributed by atoms with Crippen LogP contribution in [0.4, 0.5) is 5.69 Å². The molecule has 0 radical (unpaired) electrons. The van der Waals surface area contributed by atoms with Crippen LogP contribution in [0.15, 0.2) is 23.1 Å². The van der Waals surface area contributed by atoms with E-state index in [1.54, 1.807) is 19.9 Å². The highest BCUT2D eigenvalue weighted by molar-refractivity contribution is 7.89. The molecule has 1 aromatic rings. The molecule has 0 saturated heterocycles. The van der Waals surface area contributed by atoms with E-state index in [2.05, 4.69) is 4.72 Å². The van der Waals surface area contributed by atoms with Crippen molar-refractivity contribution >= 4 is 15.7 Å². The Morgan fingerprint density at radius 3 is 2.50 bits per heavy atom. The Kier molecular flexibility index (Phi) is 5.18.